The third-order valence-corrected chi connectivity index (χ3v) is 3.13. The zero-order valence-electron chi connectivity index (χ0n) is 13.6. The molecular weight excluding hydrogens is 355 g/mol. The number of hydrogen-bond acceptors (Lipinski definition) is 4. The fourth-order valence-electron chi connectivity index (χ4n) is 1.66. The van der Waals surface area contributed by atoms with Crippen molar-refractivity contribution in [3.8, 4) is 0 Å². The molecule has 1 aromatic rings. The van der Waals surface area contributed by atoms with Gasteiger partial charge in [0, 0.05) is 38.3 Å². The molecule has 0 aliphatic carbocycles. The topological polar surface area (TPSA) is 91.5 Å². The minimum Gasteiger partial charge on any atom is -0.383 e. The predicted molar refractivity (Wildman–Crippen MR) is 96.7 cm³/mol. The van der Waals surface area contributed by atoms with E-state index in [-0.39, 0.29) is 24.9 Å². The molecule has 9 heteroatoms. The fraction of sp³-hybridized carbons (Fsp3) is 0.467. The number of carbonyl (C=O) groups excluding carboxylic acids is 2. The summed E-state index contributed by atoms with van der Waals surface area (Å²) in [6.07, 6.45) is 0. The van der Waals surface area contributed by atoms with Crippen molar-refractivity contribution in [2.24, 2.45) is 0 Å². The molecule has 4 N–H and O–H groups in total. The van der Waals surface area contributed by atoms with Crippen LogP contribution in [0.25, 0.3) is 0 Å². The monoisotopic (exact) mass is 378 g/mol. The van der Waals surface area contributed by atoms with Gasteiger partial charge in [-0.05, 0) is 17.7 Å². The van der Waals surface area contributed by atoms with Gasteiger partial charge in [-0.25, -0.2) is 4.79 Å². The van der Waals surface area contributed by atoms with E-state index in [1.807, 2.05) is 12.1 Å². The highest BCUT2D eigenvalue weighted by atomic mass is 35.5. The van der Waals surface area contributed by atoms with Gasteiger partial charge < -0.3 is 26.0 Å². The minimum absolute atomic E-state index is 0. The summed E-state index contributed by atoms with van der Waals surface area (Å²) in [5, 5.41) is 11.6. The van der Waals surface area contributed by atoms with Gasteiger partial charge in [-0.1, -0.05) is 23.7 Å². The second kappa shape index (κ2) is 13.9. The molecule has 0 heterocycles. The number of nitrogens with one attached hydrogen (secondary N) is 4. The highest BCUT2D eigenvalue weighted by Crippen LogP contribution is 2.08. The van der Waals surface area contributed by atoms with E-state index in [1.54, 1.807) is 19.2 Å². The van der Waals surface area contributed by atoms with Crippen LogP contribution in [0.15, 0.2) is 24.3 Å². The first-order valence-corrected chi connectivity index (χ1v) is 7.72. The van der Waals surface area contributed by atoms with Crippen molar-refractivity contribution < 1.29 is 14.3 Å². The van der Waals surface area contributed by atoms with Crippen LogP contribution in [0.2, 0.25) is 5.02 Å². The van der Waals surface area contributed by atoms with Crippen LogP contribution >= 0.6 is 24.0 Å². The first-order valence-electron chi connectivity index (χ1n) is 7.34. The van der Waals surface area contributed by atoms with Crippen LogP contribution in [0.3, 0.4) is 0 Å². The van der Waals surface area contributed by atoms with Gasteiger partial charge in [-0.2, -0.15) is 0 Å². The summed E-state index contributed by atoms with van der Waals surface area (Å²) in [6.45, 7) is 2.81. The molecule has 0 saturated heterocycles. The summed E-state index contributed by atoms with van der Waals surface area (Å²) in [5.74, 6) is -0.236. The number of ether oxygens (including phenoxy) is 1. The third kappa shape index (κ3) is 11.1. The number of urea groups is 1. The molecule has 3 amide bonds. The fourth-order valence-corrected chi connectivity index (χ4v) is 1.79. The van der Waals surface area contributed by atoms with E-state index in [1.165, 1.54) is 0 Å². The van der Waals surface area contributed by atoms with E-state index < -0.39 is 6.03 Å². The summed E-state index contributed by atoms with van der Waals surface area (Å²) >= 11 is 5.78. The van der Waals surface area contributed by atoms with E-state index in [0.717, 1.165) is 12.1 Å². The number of rotatable bonds is 10. The van der Waals surface area contributed by atoms with Crippen molar-refractivity contribution in [3.63, 3.8) is 0 Å². The Hall–Kier alpha value is -1.54. The first-order chi connectivity index (χ1) is 11.1. The Labute approximate surface area is 153 Å². The van der Waals surface area contributed by atoms with E-state index in [2.05, 4.69) is 21.3 Å². The Morgan fingerprint density at radius 2 is 1.75 bits per heavy atom. The Bertz CT molecular complexity index is 486. The van der Waals surface area contributed by atoms with Crippen LogP contribution in [0.5, 0.6) is 0 Å². The molecule has 0 saturated carbocycles. The zero-order valence-corrected chi connectivity index (χ0v) is 15.1. The quantitative estimate of drug-likeness (QED) is 0.455. The molecular formula is C15H24Cl2N4O3. The van der Waals surface area contributed by atoms with Crippen molar-refractivity contribution in [1.82, 2.24) is 21.3 Å². The highest BCUT2D eigenvalue weighted by molar-refractivity contribution is 6.30. The van der Waals surface area contributed by atoms with E-state index in [0.29, 0.717) is 31.3 Å². The molecule has 1 aromatic carbocycles. The van der Waals surface area contributed by atoms with Gasteiger partial charge in [0.2, 0.25) is 5.91 Å². The van der Waals surface area contributed by atoms with Crippen LogP contribution in [0.1, 0.15) is 5.56 Å². The summed E-state index contributed by atoms with van der Waals surface area (Å²) < 4.78 is 4.88. The van der Waals surface area contributed by atoms with Crippen molar-refractivity contribution in [2.45, 2.75) is 6.54 Å². The average molecular weight is 379 g/mol. The summed E-state index contributed by atoms with van der Waals surface area (Å²) in [6, 6.07) is 6.76. The average Bonchev–Trinajstić information content (AvgIpc) is 2.55. The molecule has 0 aromatic heterocycles. The van der Waals surface area contributed by atoms with E-state index in [4.69, 9.17) is 16.3 Å². The summed E-state index contributed by atoms with van der Waals surface area (Å²) in [7, 11) is 1.63. The van der Waals surface area contributed by atoms with Gasteiger partial charge in [-0.15, -0.1) is 12.4 Å². The molecule has 0 unspecified atom stereocenters. The maximum atomic E-state index is 11.6. The maximum Gasteiger partial charge on any atom is 0.315 e. The molecule has 0 fully saturated rings. The standard InChI is InChI=1S/C15H23ClN4O3.ClH/c1-23-9-8-17-6-7-18-14(21)11-20-15(22)19-10-12-2-4-13(16)5-3-12;/h2-5,17H,6-11H2,1H3,(H,18,21)(H2,19,20,22);1H. The van der Waals surface area contributed by atoms with Crippen molar-refractivity contribution >= 4 is 35.9 Å². The van der Waals surface area contributed by atoms with Crippen LogP contribution in [-0.2, 0) is 16.1 Å². The highest BCUT2D eigenvalue weighted by Gasteiger charge is 2.04. The zero-order chi connectivity index (χ0) is 16.9. The number of amides is 3. The van der Waals surface area contributed by atoms with Gasteiger partial charge in [0.15, 0.2) is 0 Å². The molecule has 7 nitrogen and oxygen atoms in total. The smallest absolute Gasteiger partial charge is 0.315 e. The Morgan fingerprint density at radius 3 is 2.42 bits per heavy atom. The molecule has 1 rings (SSSR count). The summed E-state index contributed by atoms with van der Waals surface area (Å²) in [5.41, 5.74) is 0.927. The van der Waals surface area contributed by atoms with Crippen LogP contribution < -0.4 is 21.3 Å². The van der Waals surface area contributed by atoms with Crippen LogP contribution in [0.4, 0.5) is 4.79 Å². The van der Waals surface area contributed by atoms with Gasteiger partial charge in [0.25, 0.3) is 0 Å². The second-order valence-corrected chi connectivity index (χ2v) is 5.19. The molecule has 0 spiro atoms. The number of methoxy groups -OCH3 is 1. The van der Waals surface area contributed by atoms with Crippen molar-refractivity contribution in [3.05, 3.63) is 34.9 Å². The van der Waals surface area contributed by atoms with E-state index >= 15 is 0 Å². The molecule has 136 valence electrons. The molecule has 0 atom stereocenters. The minimum atomic E-state index is -0.395. The lowest BCUT2D eigenvalue weighted by molar-refractivity contribution is -0.120. The number of benzene rings is 1. The normalized spacial score (nSPS) is 9.75. The van der Waals surface area contributed by atoms with Gasteiger partial charge in [0.1, 0.15) is 0 Å². The number of hydrogen-bond donors (Lipinski definition) is 4. The maximum absolute atomic E-state index is 11.6. The predicted octanol–water partition coefficient (Wildman–Crippen LogP) is 0.913. The lowest BCUT2D eigenvalue weighted by Gasteiger charge is -2.09. The molecule has 0 aliphatic rings. The first kappa shape index (κ1) is 22.5. The largest absolute Gasteiger partial charge is 0.383 e. The third-order valence-electron chi connectivity index (χ3n) is 2.88. The number of carbonyl (C=O) groups is 2. The molecule has 0 bridgehead atoms. The summed E-state index contributed by atoms with van der Waals surface area (Å²) in [4.78, 5) is 23.1. The molecule has 0 aliphatic heterocycles. The van der Waals surface area contributed by atoms with Crippen LogP contribution in [0, 0.1) is 0 Å². The van der Waals surface area contributed by atoms with E-state index in [9.17, 15) is 9.59 Å². The Morgan fingerprint density at radius 1 is 1.04 bits per heavy atom. The van der Waals surface area contributed by atoms with Gasteiger partial charge >= 0.3 is 6.03 Å². The Balaban J connectivity index is 0.00000529. The Kier molecular flexibility index (Phi) is 13.0. The lowest BCUT2D eigenvalue weighted by Crippen LogP contribution is -2.43. The SMILES string of the molecule is COCCNCCNC(=O)CNC(=O)NCc1ccc(Cl)cc1.Cl. The lowest BCUT2D eigenvalue weighted by atomic mass is 10.2. The van der Waals surface area contributed by atoms with Crippen molar-refractivity contribution in [1.29, 1.82) is 0 Å². The molecule has 24 heavy (non-hydrogen) atoms. The van der Waals surface area contributed by atoms with Gasteiger partial charge in [0.05, 0.1) is 13.2 Å². The van der Waals surface area contributed by atoms with Crippen molar-refractivity contribution in [2.75, 3.05) is 39.9 Å². The van der Waals surface area contributed by atoms with Crippen LogP contribution in [-0.4, -0.2) is 51.8 Å². The number of halogens is 2. The second-order valence-electron chi connectivity index (χ2n) is 4.76. The molecule has 0 radical (unpaired) electrons. The van der Waals surface area contributed by atoms with Gasteiger partial charge in [-0.3, -0.25) is 4.79 Å².